The molecule has 0 aromatic carbocycles. The summed E-state index contributed by atoms with van der Waals surface area (Å²) in [6.45, 7) is 3.27. The Balaban J connectivity index is 1.51. The maximum Gasteiger partial charge on any atom is 0.196 e. The molecule has 1 aliphatic carbocycles. The van der Waals surface area contributed by atoms with Crippen LogP contribution in [0.5, 0.6) is 0 Å². The zero-order valence-corrected chi connectivity index (χ0v) is 12.5. The molecule has 21 heavy (non-hydrogen) atoms. The average Bonchev–Trinajstić information content (AvgIpc) is 3.12. The third kappa shape index (κ3) is 2.74. The average molecular weight is 290 g/mol. The highest BCUT2D eigenvalue weighted by Gasteiger charge is 2.39. The molecule has 0 aromatic heterocycles. The first-order valence-electron chi connectivity index (χ1n) is 8.24. The van der Waals surface area contributed by atoms with Gasteiger partial charge in [-0.3, -0.25) is 0 Å². The van der Waals surface area contributed by atoms with Gasteiger partial charge in [-0.15, -0.1) is 0 Å². The third-order valence-corrected chi connectivity index (χ3v) is 5.22. The largest absolute Gasteiger partial charge is 0.370 e. The minimum atomic E-state index is -0.618. The molecule has 4 aliphatic rings. The fourth-order valence-electron chi connectivity index (χ4n) is 3.99. The van der Waals surface area contributed by atoms with Crippen molar-refractivity contribution in [1.29, 1.82) is 0 Å². The number of hydrogen-bond donors (Lipinski definition) is 4. The first-order chi connectivity index (χ1) is 10.1. The van der Waals surface area contributed by atoms with E-state index in [2.05, 4.69) is 26.6 Å². The topological polar surface area (TPSA) is 91.7 Å². The standard InChI is InChI=1S/C15H26N6/c16-14-19-13(7-15(17,20-14)6-10-3-4-10)21-8-11-2-1-5-18-12(11)9-21/h7,10-12,18H,1-6,8-9,17H2,(H3,16,19,20)/t11-,12+,15?/m1/s1. The highest BCUT2D eigenvalue weighted by Crippen LogP contribution is 2.38. The van der Waals surface area contributed by atoms with Gasteiger partial charge in [-0.1, -0.05) is 12.8 Å². The minimum Gasteiger partial charge on any atom is -0.370 e. The van der Waals surface area contributed by atoms with E-state index in [0.29, 0.717) is 12.0 Å². The fraction of sp³-hybridized carbons (Fsp3) is 0.800. The summed E-state index contributed by atoms with van der Waals surface area (Å²) >= 11 is 0. The molecule has 3 atom stereocenters. The zero-order chi connectivity index (χ0) is 14.4. The van der Waals surface area contributed by atoms with Crippen LogP contribution in [-0.2, 0) is 0 Å². The van der Waals surface area contributed by atoms with E-state index in [1.54, 1.807) is 0 Å². The van der Waals surface area contributed by atoms with Gasteiger partial charge in [0.1, 0.15) is 11.5 Å². The van der Waals surface area contributed by atoms with Crippen LogP contribution >= 0.6 is 0 Å². The summed E-state index contributed by atoms with van der Waals surface area (Å²) in [5.74, 6) is 2.99. The summed E-state index contributed by atoms with van der Waals surface area (Å²) in [6, 6.07) is 0.608. The minimum absolute atomic E-state index is 0.457. The Morgan fingerprint density at radius 2 is 2.19 bits per heavy atom. The number of guanidine groups is 1. The van der Waals surface area contributed by atoms with Crippen LogP contribution in [-0.4, -0.2) is 42.2 Å². The number of piperidine rings is 1. The predicted molar refractivity (Wildman–Crippen MR) is 83.2 cm³/mol. The Hall–Kier alpha value is -1.27. The quantitative estimate of drug-likeness (QED) is 0.582. The normalized spacial score (nSPS) is 39.4. The van der Waals surface area contributed by atoms with Crippen molar-refractivity contribution in [2.24, 2.45) is 28.3 Å². The van der Waals surface area contributed by atoms with Gasteiger partial charge < -0.3 is 27.0 Å². The molecule has 0 amide bonds. The van der Waals surface area contributed by atoms with Gasteiger partial charge in [0.2, 0.25) is 0 Å². The van der Waals surface area contributed by atoms with Crippen LogP contribution in [0.1, 0.15) is 32.1 Å². The summed E-state index contributed by atoms with van der Waals surface area (Å²) in [7, 11) is 0. The van der Waals surface area contributed by atoms with E-state index >= 15 is 0 Å². The summed E-state index contributed by atoms with van der Waals surface area (Å²) in [6.07, 6.45) is 8.18. The van der Waals surface area contributed by atoms with Crippen LogP contribution in [0.25, 0.3) is 0 Å². The molecule has 6 heteroatoms. The SMILES string of the molecule is NC1=NC(N)(CC2CC2)C=C(N2C[C@H]3CCCN[C@H]3C2)N1. The molecule has 3 aliphatic heterocycles. The van der Waals surface area contributed by atoms with Gasteiger partial charge in [0, 0.05) is 19.1 Å². The van der Waals surface area contributed by atoms with Crippen molar-refractivity contribution in [3.8, 4) is 0 Å². The molecular weight excluding hydrogens is 264 g/mol. The van der Waals surface area contributed by atoms with Gasteiger partial charge in [-0.25, -0.2) is 4.99 Å². The van der Waals surface area contributed by atoms with Gasteiger partial charge in [0.05, 0.1) is 0 Å². The molecule has 4 rings (SSSR count). The molecule has 0 bridgehead atoms. The van der Waals surface area contributed by atoms with Crippen LogP contribution in [0.4, 0.5) is 0 Å². The lowest BCUT2D eigenvalue weighted by Gasteiger charge is -2.32. The second kappa shape index (κ2) is 4.88. The molecule has 1 saturated carbocycles. The van der Waals surface area contributed by atoms with Crippen LogP contribution in [0, 0.1) is 11.8 Å². The van der Waals surface area contributed by atoms with Crippen molar-refractivity contribution in [3.63, 3.8) is 0 Å². The third-order valence-electron chi connectivity index (χ3n) is 5.22. The number of nitrogens with two attached hydrogens (primary N) is 2. The second-order valence-electron chi connectivity index (χ2n) is 7.16. The van der Waals surface area contributed by atoms with E-state index in [-0.39, 0.29) is 0 Å². The van der Waals surface area contributed by atoms with Crippen molar-refractivity contribution in [2.75, 3.05) is 19.6 Å². The second-order valence-corrected chi connectivity index (χ2v) is 7.16. The summed E-state index contributed by atoms with van der Waals surface area (Å²) in [5.41, 5.74) is 11.8. The van der Waals surface area contributed by atoms with Crippen LogP contribution in [0.15, 0.2) is 16.9 Å². The van der Waals surface area contributed by atoms with Gasteiger partial charge >= 0.3 is 0 Å². The predicted octanol–water partition coefficient (Wildman–Crippen LogP) is -0.115. The Morgan fingerprint density at radius 3 is 2.95 bits per heavy atom. The Labute approximate surface area is 126 Å². The van der Waals surface area contributed by atoms with E-state index in [4.69, 9.17) is 11.5 Å². The van der Waals surface area contributed by atoms with E-state index in [1.165, 1.54) is 25.7 Å². The lowest BCUT2D eigenvalue weighted by molar-refractivity contribution is 0.337. The molecule has 6 N–H and O–H groups in total. The smallest absolute Gasteiger partial charge is 0.196 e. The first kappa shape index (κ1) is 13.4. The van der Waals surface area contributed by atoms with Gasteiger partial charge in [0.15, 0.2) is 5.96 Å². The molecule has 0 radical (unpaired) electrons. The van der Waals surface area contributed by atoms with E-state index in [1.807, 2.05) is 0 Å². The lowest BCUT2D eigenvalue weighted by Crippen LogP contribution is -2.50. The highest BCUT2D eigenvalue weighted by molar-refractivity contribution is 5.81. The van der Waals surface area contributed by atoms with Crippen LogP contribution in [0.3, 0.4) is 0 Å². The molecule has 0 aromatic rings. The molecule has 3 heterocycles. The molecule has 0 spiro atoms. The summed E-state index contributed by atoms with van der Waals surface area (Å²) in [5, 5.41) is 6.86. The van der Waals surface area contributed by atoms with E-state index < -0.39 is 5.66 Å². The fourth-order valence-corrected chi connectivity index (χ4v) is 3.99. The number of nitrogens with one attached hydrogen (secondary N) is 2. The van der Waals surface area contributed by atoms with Crippen molar-refractivity contribution >= 4 is 5.96 Å². The van der Waals surface area contributed by atoms with Gasteiger partial charge in [-0.2, -0.15) is 0 Å². The number of nitrogens with zero attached hydrogens (tertiary/aromatic N) is 2. The summed E-state index contributed by atoms with van der Waals surface area (Å²) in [4.78, 5) is 6.84. The molecule has 6 nitrogen and oxygen atoms in total. The molecule has 3 fully saturated rings. The monoisotopic (exact) mass is 290 g/mol. The molecular formula is C15H26N6. The number of rotatable bonds is 3. The Morgan fingerprint density at radius 1 is 1.33 bits per heavy atom. The number of hydrogen-bond acceptors (Lipinski definition) is 6. The maximum absolute atomic E-state index is 6.47. The molecule has 2 saturated heterocycles. The van der Waals surface area contributed by atoms with E-state index in [0.717, 1.165) is 43.7 Å². The van der Waals surface area contributed by atoms with Gasteiger partial charge in [0.25, 0.3) is 0 Å². The Bertz CT molecular complexity index is 469. The van der Waals surface area contributed by atoms with Crippen molar-refractivity contribution in [2.45, 2.75) is 43.8 Å². The number of fused-ring (bicyclic) bond motifs is 1. The Kier molecular flexibility index (Phi) is 3.11. The lowest BCUT2D eigenvalue weighted by atomic mass is 9.94. The van der Waals surface area contributed by atoms with Crippen LogP contribution in [0.2, 0.25) is 0 Å². The van der Waals surface area contributed by atoms with Crippen molar-refractivity contribution < 1.29 is 0 Å². The number of aliphatic imine (C=N–C) groups is 1. The van der Waals surface area contributed by atoms with Crippen molar-refractivity contribution in [1.82, 2.24) is 15.5 Å². The maximum atomic E-state index is 6.47. The van der Waals surface area contributed by atoms with Crippen molar-refractivity contribution in [3.05, 3.63) is 11.9 Å². The summed E-state index contributed by atoms with van der Waals surface area (Å²) < 4.78 is 0. The first-order valence-corrected chi connectivity index (χ1v) is 8.24. The van der Waals surface area contributed by atoms with Gasteiger partial charge in [-0.05, 0) is 43.7 Å². The zero-order valence-electron chi connectivity index (χ0n) is 12.5. The number of likely N-dealkylation sites (tertiary alicyclic amines) is 1. The molecule has 1 unspecified atom stereocenters. The molecule has 116 valence electrons. The van der Waals surface area contributed by atoms with Crippen LogP contribution < -0.4 is 22.1 Å². The highest BCUT2D eigenvalue weighted by atomic mass is 15.3. The van der Waals surface area contributed by atoms with E-state index in [9.17, 15) is 0 Å².